The Morgan fingerprint density at radius 3 is 2.40 bits per heavy atom. The summed E-state index contributed by atoms with van der Waals surface area (Å²) in [7, 11) is 3.58. The van der Waals surface area contributed by atoms with Gasteiger partial charge in [0.1, 0.15) is 5.69 Å². The first-order chi connectivity index (χ1) is 11.9. The van der Waals surface area contributed by atoms with Gasteiger partial charge in [-0.2, -0.15) is 0 Å². The zero-order valence-electron chi connectivity index (χ0n) is 13.8. The Hall–Kier alpha value is -3.49. The van der Waals surface area contributed by atoms with Crippen LogP contribution in [0.5, 0.6) is 0 Å². The van der Waals surface area contributed by atoms with E-state index in [-0.39, 0.29) is 22.7 Å². The molecule has 128 valence electrons. The van der Waals surface area contributed by atoms with E-state index in [1.807, 2.05) is 0 Å². The number of carbonyl (C=O) groups excluding carboxylic acids is 1. The van der Waals surface area contributed by atoms with Crippen LogP contribution in [-0.4, -0.2) is 35.1 Å². The number of anilines is 3. The SMILES string of the molecule is CC(=O)c1ccc(Nc2cc(N(C)C)c3nonc3c2[N+](=O)[O-])cc1. The highest BCUT2D eigenvalue weighted by atomic mass is 16.6. The number of nitrogens with zero attached hydrogens (tertiary/aromatic N) is 4. The Bertz CT molecular complexity index is 963. The molecule has 9 heteroatoms. The van der Waals surface area contributed by atoms with E-state index in [0.29, 0.717) is 22.5 Å². The molecule has 2 aromatic carbocycles. The number of benzene rings is 2. The van der Waals surface area contributed by atoms with Crippen molar-refractivity contribution in [3.63, 3.8) is 0 Å². The van der Waals surface area contributed by atoms with Gasteiger partial charge >= 0.3 is 5.69 Å². The lowest BCUT2D eigenvalue weighted by Gasteiger charge is -2.15. The topological polar surface area (TPSA) is 114 Å². The maximum Gasteiger partial charge on any atom is 0.324 e. The van der Waals surface area contributed by atoms with Crippen LogP contribution in [0.4, 0.5) is 22.7 Å². The highest BCUT2D eigenvalue weighted by molar-refractivity contribution is 6.00. The number of nitro groups is 1. The molecule has 0 saturated carbocycles. The van der Waals surface area contributed by atoms with Gasteiger partial charge in [-0.15, -0.1) is 0 Å². The van der Waals surface area contributed by atoms with Gasteiger partial charge in [-0.25, -0.2) is 4.63 Å². The summed E-state index contributed by atoms with van der Waals surface area (Å²) < 4.78 is 4.70. The monoisotopic (exact) mass is 341 g/mol. The van der Waals surface area contributed by atoms with Crippen molar-refractivity contribution in [2.24, 2.45) is 0 Å². The van der Waals surface area contributed by atoms with Crippen molar-refractivity contribution in [3.05, 3.63) is 46.0 Å². The first-order valence-corrected chi connectivity index (χ1v) is 7.37. The Kier molecular flexibility index (Phi) is 4.05. The molecule has 1 N–H and O–H groups in total. The van der Waals surface area contributed by atoms with Gasteiger partial charge in [0.2, 0.25) is 5.52 Å². The minimum atomic E-state index is -0.530. The van der Waals surface area contributed by atoms with Crippen LogP contribution in [0.2, 0.25) is 0 Å². The van der Waals surface area contributed by atoms with Gasteiger partial charge in [-0.05, 0) is 47.6 Å². The van der Waals surface area contributed by atoms with E-state index in [2.05, 4.69) is 15.6 Å². The molecule has 25 heavy (non-hydrogen) atoms. The van der Waals surface area contributed by atoms with Crippen molar-refractivity contribution in [3.8, 4) is 0 Å². The summed E-state index contributed by atoms with van der Waals surface area (Å²) in [5, 5.41) is 22.0. The van der Waals surface area contributed by atoms with Crippen LogP contribution in [0.25, 0.3) is 11.0 Å². The van der Waals surface area contributed by atoms with Gasteiger partial charge in [-0.3, -0.25) is 14.9 Å². The van der Waals surface area contributed by atoms with E-state index < -0.39 is 4.92 Å². The predicted octanol–water partition coefficient (Wildman–Crippen LogP) is 3.14. The fraction of sp³-hybridized carbons (Fsp3) is 0.188. The molecule has 3 rings (SSSR count). The van der Waals surface area contributed by atoms with Gasteiger partial charge in [0, 0.05) is 25.3 Å². The number of nitrogens with one attached hydrogen (secondary N) is 1. The first kappa shape index (κ1) is 16.4. The van der Waals surface area contributed by atoms with Crippen molar-refractivity contribution < 1.29 is 14.3 Å². The summed E-state index contributed by atoms with van der Waals surface area (Å²) in [5.74, 6) is -0.0532. The van der Waals surface area contributed by atoms with Crippen molar-refractivity contribution in [2.45, 2.75) is 6.92 Å². The molecule has 9 nitrogen and oxygen atoms in total. The quantitative estimate of drug-likeness (QED) is 0.427. The molecule has 0 saturated heterocycles. The lowest BCUT2D eigenvalue weighted by atomic mass is 10.1. The molecule has 0 amide bonds. The Morgan fingerprint density at radius 2 is 1.84 bits per heavy atom. The fourth-order valence-corrected chi connectivity index (χ4v) is 2.48. The third-order valence-electron chi connectivity index (χ3n) is 3.73. The van der Waals surface area contributed by atoms with E-state index in [1.54, 1.807) is 49.3 Å². The number of hydrogen-bond acceptors (Lipinski definition) is 8. The second-order valence-electron chi connectivity index (χ2n) is 5.66. The number of hydrogen-bond donors (Lipinski definition) is 1. The summed E-state index contributed by atoms with van der Waals surface area (Å²) in [6.45, 7) is 1.47. The molecular weight excluding hydrogens is 326 g/mol. The minimum Gasteiger partial charge on any atom is -0.376 e. The van der Waals surface area contributed by atoms with Crippen LogP contribution in [0.3, 0.4) is 0 Å². The third kappa shape index (κ3) is 2.99. The maximum atomic E-state index is 11.5. The van der Waals surface area contributed by atoms with Crippen LogP contribution >= 0.6 is 0 Å². The molecule has 1 heterocycles. The Morgan fingerprint density at radius 1 is 1.20 bits per heavy atom. The van der Waals surface area contributed by atoms with E-state index in [0.717, 1.165) is 0 Å². The molecular formula is C16H15N5O4. The number of rotatable bonds is 5. The number of carbonyl (C=O) groups is 1. The average Bonchev–Trinajstić information content (AvgIpc) is 3.03. The summed E-state index contributed by atoms with van der Waals surface area (Å²) in [6.07, 6.45) is 0. The van der Waals surface area contributed by atoms with Crippen LogP contribution in [0, 0.1) is 10.1 Å². The third-order valence-corrected chi connectivity index (χ3v) is 3.73. The van der Waals surface area contributed by atoms with E-state index in [4.69, 9.17) is 4.63 Å². The normalized spacial score (nSPS) is 10.7. The highest BCUT2D eigenvalue weighted by Crippen LogP contribution is 2.39. The minimum absolute atomic E-state index is 0.0532. The van der Waals surface area contributed by atoms with Crippen LogP contribution in [0.1, 0.15) is 17.3 Å². The molecule has 0 atom stereocenters. The predicted molar refractivity (Wildman–Crippen MR) is 92.5 cm³/mol. The van der Waals surface area contributed by atoms with Crippen LogP contribution in [0.15, 0.2) is 35.0 Å². The molecule has 0 aliphatic rings. The molecule has 0 aliphatic carbocycles. The number of fused-ring (bicyclic) bond motifs is 1. The van der Waals surface area contributed by atoms with Crippen LogP contribution < -0.4 is 10.2 Å². The van der Waals surface area contributed by atoms with Gasteiger partial charge in [0.25, 0.3) is 0 Å². The average molecular weight is 341 g/mol. The zero-order valence-corrected chi connectivity index (χ0v) is 13.8. The molecule has 0 aliphatic heterocycles. The molecule has 0 unspecified atom stereocenters. The van der Waals surface area contributed by atoms with Crippen molar-refractivity contribution in [2.75, 3.05) is 24.3 Å². The number of ketones is 1. The number of Topliss-reactive ketones (excluding diaryl/α,β-unsaturated/α-hetero) is 1. The lowest BCUT2D eigenvalue weighted by Crippen LogP contribution is -2.10. The highest BCUT2D eigenvalue weighted by Gasteiger charge is 2.26. The maximum absolute atomic E-state index is 11.5. The van der Waals surface area contributed by atoms with Gasteiger partial charge in [0.05, 0.1) is 10.6 Å². The smallest absolute Gasteiger partial charge is 0.324 e. The van der Waals surface area contributed by atoms with Crippen molar-refractivity contribution >= 4 is 39.6 Å². The van der Waals surface area contributed by atoms with Gasteiger partial charge in [0.15, 0.2) is 11.3 Å². The van der Waals surface area contributed by atoms with E-state index in [9.17, 15) is 14.9 Å². The van der Waals surface area contributed by atoms with E-state index in [1.165, 1.54) is 6.92 Å². The molecule has 1 aromatic heterocycles. The second kappa shape index (κ2) is 6.19. The molecule has 0 bridgehead atoms. The van der Waals surface area contributed by atoms with Crippen molar-refractivity contribution in [1.82, 2.24) is 10.3 Å². The summed E-state index contributed by atoms with van der Waals surface area (Å²) in [4.78, 5) is 24.1. The molecule has 0 radical (unpaired) electrons. The van der Waals surface area contributed by atoms with Crippen LogP contribution in [-0.2, 0) is 0 Å². The number of nitro benzene ring substituents is 1. The Balaban J connectivity index is 2.12. The van der Waals surface area contributed by atoms with E-state index >= 15 is 0 Å². The van der Waals surface area contributed by atoms with Gasteiger partial charge < -0.3 is 10.2 Å². The summed E-state index contributed by atoms with van der Waals surface area (Å²) in [6, 6.07) is 8.28. The Labute approximate surface area is 142 Å². The second-order valence-corrected chi connectivity index (χ2v) is 5.66. The standard InChI is InChI=1S/C16H15N5O4/c1-9(22)10-4-6-11(7-5-10)17-12-8-13(20(2)3)14-15(19-25-18-14)16(12)21(23)24/h4-8,17H,1-3H3. The molecule has 0 spiro atoms. The fourth-order valence-electron chi connectivity index (χ4n) is 2.48. The number of aromatic nitrogens is 2. The van der Waals surface area contributed by atoms with Gasteiger partial charge in [-0.1, -0.05) is 0 Å². The zero-order chi connectivity index (χ0) is 18.1. The largest absolute Gasteiger partial charge is 0.376 e. The lowest BCUT2D eigenvalue weighted by molar-refractivity contribution is -0.382. The van der Waals surface area contributed by atoms with Crippen molar-refractivity contribution in [1.29, 1.82) is 0 Å². The summed E-state index contributed by atoms with van der Waals surface area (Å²) >= 11 is 0. The first-order valence-electron chi connectivity index (χ1n) is 7.37. The summed E-state index contributed by atoms with van der Waals surface area (Å²) in [5.41, 5.74) is 2.21. The molecule has 3 aromatic rings. The molecule has 0 fully saturated rings.